The number of aromatic hydroxyl groups is 1. The fourth-order valence-corrected chi connectivity index (χ4v) is 2.93. The Morgan fingerprint density at radius 3 is 2.76 bits per heavy atom. The summed E-state index contributed by atoms with van der Waals surface area (Å²) in [6.07, 6.45) is 1.46. The summed E-state index contributed by atoms with van der Waals surface area (Å²) in [7, 11) is 1.46. The first-order valence-corrected chi connectivity index (χ1v) is 8.89. The molecule has 3 N–H and O–H groups in total. The molecule has 0 aliphatic heterocycles. The lowest BCUT2D eigenvalue weighted by atomic mass is 10.1. The largest absolute Gasteiger partial charge is 0.504 e. The summed E-state index contributed by atoms with van der Waals surface area (Å²) in [5.74, 6) is -0.0484. The Kier molecular flexibility index (Phi) is 4.94. The van der Waals surface area contributed by atoms with Gasteiger partial charge in [0.2, 0.25) is 0 Å². The van der Waals surface area contributed by atoms with Gasteiger partial charge in [-0.25, -0.2) is 5.43 Å². The molecule has 29 heavy (non-hydrogen) atoms. The SMILES string of the molecule is COc1cc(/C=N/NC(=O)c2cc(-c3ccc4ccccc4c3)n[nH]2)ccc1O. The lowest BCUT2D eigenvalue weighted by Gasteiger charge is -2.03. The smallest absolute Gasteiger partial charge is 0.289 e. The number of carbonyl (C=O) groups excluding carboxylic acids is 1. The maximum absolute atomic E-state index is 12.3. The monoisotopic (exact) mass is 386 g/mol. The zero-order valence-corrected chi connectivity index (χ0v) is 15.6. The number of rotatable bonds is 5. The summed E-state index contributed by atoms with van der Waals surface area (Å²) in [4.78, 5) is 12.3. The van der Waals surface area contributed by atoms with E-state index < -0.39 is 5.91 Å². The summed E-state index contributed by atoms with van der Waals surface area (Å²) < 4.78 is 5.04. The molecular formula is C22H18N4O3. The van der Waals surface area contributed by atoms with Crippen LogP contribution in [0.4, 0.5) is 0 Å². The summed E-state index contributed by atoms with van der Waals surface area (Å²) in [6.45, 7) is 0. The highest BCUT2D eigenvalue weighted by molar-refractivity contribution is 5.94. The van der Waals surface area contributed by atoms with Crippen molar-refractivity contribution in [3.05, 3.63) is 78.0 Å². The fraction of sp³-hybridized carbons (Fsp3) is 0.0455. The molecule has 4 aromatic rings. The van der Waals surface area contributed by atoms with Gasteiger partial charge in [0.05, 0.1) is 19.0 Å². The Balaban J connectivity index is 1.46. The van der Waals surface area contributed by atoms with Gasteiger partial charge in [0.15, 0.2) is 11.5 Å². The molecule has 7 nitrogen and oxygen atoms in total. The number of phenols is 1. The van der Waals surface area contributed by atoms with Crippen LogP contribution >= 0.6 is 0 Å². The van der Waals surface area contributed by atoms with E-state index in [1.165, 1.54) is 19.4 Å². The van der Waals surface area contributed by atoms with Crippen LogP contribution in [-0.2, 0) is 0 Å². The first-order chi connectivity index (χ1) is 14.1. The van der Waals surface area contributed by atoms with Gasteiger partial charge in [-0.2, -0.15) is 10.2 Å². The molecule has 1 aromatic heterocycles. The van der Waals surface area contributed by atoms with Gasteiger partial charge in [0.25, 0.3) is 5.91 Å². The fourth-order valence-electron chi connectivity index (χ4n) is 2.93. The molecule has 0 unspecified atom stereocenters. The maximum Gasteiger partial charge on any atom is 0.289 e. The van der Waals surface area contributed by atoms with Gasteiger partial charge >= 0.3 is 0 Å². The summed E-state index contributed by atoms with van der Waals surface area (Å²) in [6, 6.07) is 20.5. The van der Waals surface area contributed by atoms with Gasteiger partial charge in [0.1, 0.15) is 5.69 Å². The van der Waals surface area contributed by atoms with Crippen molar-refractivity contribution >= 4 is 22.9 Å². The van der Waals surface area contributed by atoms with Gasteiger partial charge in [-0.15, -0.1) is 0 Å². The molecule has 0 radical (unpaired) electrons. The highest BCUT2D eigenvalue weighted by Crippen LogP contribution is 2.25. The van der Waals surface area contributed by atoms with Gasteiger partial charge in [-0.3, -0.25) is 9.89 Å². The van der Waals surface area contributed by atoms with E-state index in [0.29, 0.717) is 22.7 Å². The molecule has 0 spiro atoms. The number of nitrogens with one attached hydrogen (secondary N) is 2. The van der Waals surface area contributed by atoms with Crippen LogP contribution in [0.3, 0.4) is 0 Å². The van der Waals surface area contributed by atoms with Crippen molar-refractivity contribution in [3.8, 4) is 22.8 Å². The zero-order chi connectivity index (χ0) is 20.2. The van der Waals surface area contributed by atoms with Crippen LogP contribution in [-0.4, -0.2) is 34.5 Å². The molecule has 3 aromatic carbocycles. The highest BCUT2D eigenvalue weighted by atomic mass is 16.5. The quantitative estimate of drug-likeness (QED) is 0.360. The van der Waals surface area contributed by atoms with Crippen molar-refractivity contribution in [3.63, 3.8) is 0 Å². The average Bonchev–Trinajstić information content (AvgIpc) is 3.25. The third-order valence-electron chi connectivity index (χ3n) is 4.45. The number of aromatic nitrogens is 2. The second-order valence-electron chi connectivity index (χ2n) is 6.36. The number of ether oxygens (including phenoxy) is 1. The van der Waals surface area contributed by atoms with E-state index in [1.807, 2.05) is 42.5 Å². The van der Waals surface area contributed by atoms with E-state index in [2.05, 4.69) is 20.7 Å². The van der Waals surface area contributed by atoms with E-state index >= 15 is 0 Å². The van der Waals surface area contributed by atoms with E-state index in [0.717, 1.165) is 16.3 Å². The number of carbonyl (C=O) groups is 1. The van der Waals surface area contributed by atoms with Gasteiger partial charge in [0, 0.05) is 5.56 Å². The molecule has 0 saturated carbocycles. The minimum absolute atomic E-state index is 0.0346. The number of amides is 1. The third-order valence-corrected chi connectivity index (χ3v) is 4.45. The minimum Gasteiger partial charge on any atom is -0.504 e. The zero-order valence-electron chi connectivity index (χ0n) is 15.6. The number of hydrogen-bond acceptors (Lipinski definition) is 5. The molecule has 1 heterocycles. The van der Waals surface area contributed by atoms with Crippen LogP contribution in [0.1, 0.15) is 16.1 Å². The first kappa shape index (κ1) is 18.2. The Morgan fingerprint density at radius 1 is 1.10 bits per heavy atom. The predicted octanol–water partition coefficient (Wildman–Crippen LogP) is 3.71. The minimum atomic E-state index is -0.411. The number of benzene rings is 3. The molecule has 7 heteroatoms. The van der Waals surface area contributed by atoms with Crippen molar-refractivity contribution < 1.29 is 14.6 Å². The molecular weight excluding hydrogens is 368 g/mol. The standard InChI is InChI=1S/C22H18N4O3/c1-29-21-10-14(6-9-20(21)27)13-23-26-22(28)19-12-18(24-25-19)17-8-7-15-4-2-3-5-16(15)11-17/h2-13,27H,1H3,(H,24,25)(H,26,28)/b23-13+. The Labute approximate surface area is 166 Å². The molecule has 0 aliphatic rings. The van der Waals surface area contributed by atoms with Crippen molar-refractivity contribution in [2.45, 2.75) is 0 Å². The summed E-state index contributed by atoms with van der Waals surface area (Å²) >= 11 is 0. The van der Waals surface area contributed by atoms with Crippen molar-refractivity contribution in [2.75, 3.05) is 7.11 Å². The Morgan fingerprint density at radius 2 is 1.93 bits per heavy atom. The van der Waals surface area contributed by atoms with Crippen molar-refractivity contribution in [1.82, 2.24) is 15.6 Å². The van der Waals surface area contributed by atoms with E-state index in [-0.39, 0.29) is 5.75 Å². The number of fused-ring (bicyclic) bond motifs is 1. The van der Waals surface area contributed by atoms with E-state index in [1.54, 1.807) is 18.2 Å². The first-order valence-electron chi connectivity index (χ1n) is 8.89. The normalized spacial score (nSPS) is 11.1. The van der Waals surface area contributed by atoms with Crippen LogP contribution in [0.25, 0.3) is 22.0 Å². The molecule has 144 valence electrons. The molecule has 0 atom stereocenters. The second kappa shape index (κ2) is 7.85. The van der Waals surface area contributed by atoms with Crippen LogP contribution < -0.4 is 10.2 Å². The Bertz CT molecular complexity index is 1210. The third kappa shape index (κ3) is 3.93. The van der Waals surface area contributed by atoms with Crippen LogP contribution in [0, 0.1) is 0 Å². The van der Waals surface area contributed by atoms with Gasteiger partial charge < -0.3 is 9.84 Å². The lowest BCUT2D eigenvalue weighted by molar-refractivity contribution is 0.0950. The van der Waals surface area contributed by atoms with Gasteiger partial charge in [-0.05, 0) is 46.7 Å². The number of nitrogens with zero attached hydrogens (tertiary/aromatic N) is 2. The number of H-pyrrole nitrogens is 1. The number of phenolic OH excluding ortho intramolecular Hbond substituents is 1. The van der Waals surface area contributed by atoms with Crippen LogP contribution in [0.15, 0.2) is 71.8 Å². The molecule has 4 rings (SSSR count). The summed E-state index contributed by atoms with van der Waals surface area (Å²) in [5.41, 5.74) is 5.01. The lowest BCUT2D eigenvalue weighted by Crippen LogP contribution is -2.18. The molecule has 0 aliphatic carbocycles. The van der Waals surface area contributed by atoms with Crippen LogP contribution in [0.2, 0.25) is 0 Å². The number of methoxy groups -OCH3 is 1. The molecule has 0 bridgehead atoms. The number of hydrazone groups is 1. The molecule has 0 saturated heterocycles. The van der Waals surface area contributed by atoms with Crippen molar-refractivity contribution in [2.24, 2.45) is 5.10 Å². The van der Waals surface area contributed by atoms with E-state index in [4.69, 9.17) is 4.74 Å². The van der Waals surface area contributed by atoms with Crippen LogP contribution in [0.5, 0.6) is 11.5 Å². The number of hydrogen-bond donors (Lipinski definition) is 3. The average molecular weight is 386 g/mol. The Hall–Kier alpha value is -4.13. The number of aromatic amines is 1. The van der Waals surface area contributed by atoms with E-state index in [9.17, 15) is 9.90 Å². The van der Waals surface area contributed by atoms with Crippen molar-refractivity contribution in [1.29, 1.82) is 0 Å². The van der Waals surface area contributed by atoms with Gasteiger partial charge in [-0.1, -0.05) is 36.4 Å². The molecule has 1 amide bonds. The summed E-state index contributed by atoms with van der Waals surface area (Å²) in [5, 5.41) is 22.8. The maximum atomic E-state index is 12.3. The second-order valence-corrected chi connectivity index (χ2v) is 6.36. The predicted molar refractivity (Wildman–Crippen MR) is 111 cm³/mol. The topological polar surface area (TPSA) is 99.6 Å². The highest BCUT2D eigenvalue weighted by Gasteiger charge is 2.11. The molecule has 0 fully saturated rings.